The van der Waals surface area contributed by atoms with Crippen molar-refractivity contribution in [2.45, 2.75) is 19.4 Å². The van der Waals surface area contributed by atoms with E-state index >= 15 is 0 Å². The van der Waals surface area contributed by atoms with Crippen LogP contribution in [-0.4, -0.2) is 38.9 Å². The number of imidazole rings is 1. The van der Waals surface area contributed by atoms with E-state index in [1.165, 1.54) is 30.6 Å². The van der Waals surface area contributed by atoms with Gasteiger partial charge in [0.05, 0.1) is 23.3 Å². The summed E-state index contributed by atoms with van der Waals surface area (Å²) in [4.78, 5) is 27.8. The maximum absolute atomic E-state index is 13.7. The first-order valence-electron chi connectivity index (χ1n) is 10.3. The molecule has 0 saturated heterocycles. The molecule has 0 aliphatic heterocycles. The van der Waals surface area contributed by atoms with Gasteiger partial charge in [-0.25, -0.2) is 13.8 Å². The number of rotatable bonds is 9. The third-order valence-electron chi connectivity index (χ3n) is 4.95. The van der Waals surface area contributed by atoms with E-state index in [4.69, 9.17) is 0 Å². The van der Waals surface area contributed by atoms with Crippen molar-refractivity contribution in [1.82, 2.24) is 30.6 Å². The molecule has 3 aromatic heterocycles. The van der Waals surface area contributed by atoms with Gasteiger partial charge in [-0.15, -0.1) is 0 Å². The van der Waals surface area contributed by atoms with E-state index in [9.17, 15) is 13.6 Å². The molecule has 0 fully saturated rings. The van der Waals surface area contributed by atoms with Crippen LogP contribution >= 0.6 is 0 Å². The van der Waals surface area contributed by atoms with Crippen molar-refractivity contribution in [1.29, 1.82) is 0 Å². The molecule has 1 amide bonds. The molecule has 0 spiro atoms. The molecule has 0 unspecified atom stereocenters. The second-order valence-electron chi connectivity index (χ2n) is 7.27. The highest BCUT2D eigenvalue weighted by Gasteiger charge is 2.10. The van der Waals surface area contributed by atoms with E-state index in [1.54, 1.807) is 24.4 Å². The average molecular weight is 436 g/mol. The Morgan fingerprint density at radius 3 is 2.72 bits per heavy atom. The Hall–Kier alpha value is -3.72. The third kappa shape index (κ3) is 5.30. The van der Waals surface area contributed by atoms with Gasteiger partial charge in [0.25, 0.3) is 5.91 Å². The first-order valence-corrected chi connectivity index (χ1v) is 10.3. The molecule has 4 rings (SSSR count). The Morgan fingerprint density at radius 1 is 1.03 bits per heavy atom. The molecule has 0 aliphatic rings. The molecule has 0 radical (unpaired) electrons. The van der Waals surface area contributed by atoms with Gasteiger partial charge in [-0.05, 0) is 48.9 Å². The summed E-state index contributed by atoms with van der Waals surface area (Å²) in [5.41, 5.74) is 2.53. The monoisotopic (exact) mass is 436 g/mol. The number of hydrogen-bond acceptors (Lipinski definition) is 5. The van der Waals surface area contributed by atoms with Crippen molar-refractivity contribution < 1.29 is 13.6 Å². The first kappa shape index (κ1) is 21.5. The van der Waals surface area contributed by atoms with E-state index in [1.807, 2.05) is 0 Å². The molecule has 0 saturated carbocycles. The number of H-pyrrole nitrogens is 1. The van der Waals surface area contributed by atoms with Crippen molar-refractivity contribution in [3.05, 3.63) is 89.3 Å². The van der Waals surface area contributed by atoms with Crippen LogP contribution in [0.15, 0.2) is 55.0 Å². The number of para-hydroxylation sites is 1. The number of benzene rings is 1. The Bertz CT molecular complexity index is 1230. The van der Waals surface area contributed by atoms with Crippen LogP contribution in [0.25, 0.3) is 11.0 Å². The molecule has 32 heavy (non-hydrogen) atoms. The summed E-state index contributed by atoms with van der Waals surface area (Å²) < 4.78 is 27.4. The number of nitrogens with zero attached hydrogens (tertiary/aromatic N) is 3. The lowest BCUT2D eigenvalue weighted by Crippen LogP contribution is -2.24. The SMILES string of the molecule is O=C(NCc1ncccc1F)c1cncc(CCNCCc2nc3c(F)cccc3[nH]2)c1. The van der Waals surface area contributed by atoms with Crippen LogP contribution in [0.3, 0.4) is 0 Å². The minimum atomic E-state index is -0.460. The van der Waals surface area contributed by atoms with Crippen molar-refractivity contribution in [2.24, 2.45) is 0 Å². The third-order valence-corrected chi connectivity index (χ3v) is 4.95. The number of amides is 1. The summed E-state index contributed by atoms with van der Waals surface area (Å²) in [6.07, 6.45) is 5.98. The number of nitrogens with one attached hydrogen (secondary N) is 3. The standard InChI is InChI=1S/C23H22F2N6O/c24-17-4-2-8-28-20(17)14-29-23(32)16-11-15(12-27-13-16)6-9-26-10-7-21-30-19-5-1-3-18(25)22(19)31-21/h1-5,8,11-13,26H,6-7,9-10,14H2,(H,29,32)(H,30,31). The number of carbonyl (C=O) groups excluding carboxylic acids is 1. The molecule has 3 heterocycles. The molecule has 4 aromatic rings. The quantitative estimate of drug-likeness (QED) is 0.351. The van der Waals surface area contributed by atoms with Gasteiger partial charge in [0.2, 0.25) is 0 Å². The topological polar surface area (TPSA) is 95.6 Å². The van der Waals surface area contributed by atoms with Gasteiger partial charge < -0.3 is 15.6 Å². The second kappa shape index (κ2) is 10.1. The number of aromatic amines is 1. The van der Waals surface area contributed by atoms with Crippen LogP contribution in [0.1, 0.15) is 27.4 Å². The number of carbonyl (C=O) groups is 1. The summed E-state index contributed by atoms with van der Waals surface area (Å²) in [5, 5.41) is 5.97. The van der Waals surface area contributed by atoms with Crippen LogP contribution in [0.5, 0.6) is 0 Å². The van der Waals surface area contributed by atoms with E-state index in [-0.39, 0.29) is 24.0 Å². The van der Waals surface area contributed by atoms with Gasteiger partial charge >= 0.3 is 0 Å². The lowest BCUT2D eigenvalue weighted by Gasteiger charge is -2.07. The normalized spacial score (nSPS) is 11.1. The summed E-state index contributed by atoms with van der Waals surface area (Å²) in [6, 6.07) is 9.41. The molecular formula is C23H22F2N6O. The Kier molecular flexibility index (Phi) is 6.76. The number of hydrogen-bond donors (Lipinski definition) is 3. The van der Waals surface area contributed by atoms with E-state index < -0.39 is 5.82 Å². The molecule has 0 atom stereocenters. The zero-order valence-corrected chi connectivity index (χ0v) is 17.2. The van der Waals surface area contributed by atoms with Gasteiger partial charge in [0.15, 0.2) is 5.82 Å². The van der Waals surface area contributed by atoms with Crippen molar-refractivity contribution >= 4 is 16.9 Å². The Balaban J connectivity index is 1.23. The van der Waals surface area contributed by atoms with Gasteiger partial charge in [-0.1, -0.05) is 6.07 Å². The molecule has 7 nitrogen and oxygen atoms in total. The lowest BCUT2D eigenvalue weighted by atomic mass is 10.1. The number of fused-ring (bicyclic) bond motifs is 1. The molecule has 1 aromatic carbocycles. The fourth-order valence-electron chi connectivity index (χ4n) is 3.29. The highest BCUT2D eigenvalue weighted by atomic mass is 19.1. The minimum Gasteiger partial charge on any atom is -0.346 e. The van der Waals surface area contributed by atoms with Crippen LogP contribution in [0.4, 0.5) is 8.78 Å². The molecule has 3 N–H and O–H groups in total. The largest absolute Gasteiger partial charge is 0.346 e. The van der Waals surface area contributed by atoms with Crippen molar-refractivity contribution in [2.75, 3.05) is 13.1 Å². The van der Waals surface area contributed by atoms with Crippen LogP contribution in [-0.2, 0) is 19.4 Å². The second-order valence-corrected chi connectivity index (χ2v) is 7.27. The van der Waals surface area contributed by atoms with E-state index in [0.29, 0.717) is 42.5 Å². The average Bonchev–Trinajstić information content (AvgIpc) is 3.23. The predicted octanol–water partition coefficient (Wildman–Crippen LogP) is 2.94. The van der Waals surface area contributed by atoms with E-state index in [0.717, 1.165) is 11.4 Å². The van der Waals surface area contributed by atoms with Crippen molar-refractivity contribution in [3.8, 4) is 0 Å². The Labute approximate surface area is 183 Å². The molecule has 0 aliphatic carbocycles. The van der Waals surface area contributed by atoms with Gasteiger partial charge in [0, 0.05) is 31.6 Å². The van der Waals surface area contributed by atoms with Crippen molar-refractivity contribution in [3.63, 3.8) is 0 Å². The number of pyridine rings is 2. The van der Waals surface area contributed by atoms with Crippen LogP contribution in [0, 0.1) is 11.6 Å². The highest BCUT2D eigenvalue weighted by molar-refractivity contribution is 5.93. The number of aromatic nitrogens is 4. The summed E-state index contributed by atoms with van der Waals surface area (Å²) in [6.45, 7) is 1.36. The summed E-state index contributed by atoms with van der Waals surface area (Å²) in [7, 11) is 0. The number of halogens is 2. The minimum absolute atomic E-state index is 0.00296. The fourth-order valence-corrected chi connectivity index (χ4v) is 3.29. The zero-order valence-electron chi connectivity index (χ0n) is 17.2. The van der Waals surface area contributed by atoms with Crippen LogP contribution in [0.2, 0.25) is 0 Å². The zero-order chi connectivity index (χ0) is 22.3. The highest BCUT2D eigenvalue weighted by Crippen LogP contribution is 2.14. The predicted molar refractivity (Wildman–Crippen MR) is 116 cm³/mol. The smallest absolute Gasteiger partial charge is 0.253 e. The first-order chi connectivity index (χ1) is 15.6. The maximum atomic E-state index is 13.7. The molecule has 9 heteroatoms. The molecule has 164 valence electrons. The Morgan fingerprint density at radius 2 is 1.88 bits per heavy atom. The summed E-state index contributed by atoms with van der Waals surface area (Å²) >= 11 is 0. The fraction of sp³-hybridized carbons (Fsp3) is 0.217. The van der Waals surface area contributed by atoms with Gasteiger partial charge in [0.1, 0.15) is 17.2 Å². The maximum Gasteiger partial charge on any atom is 0.253 e. The van der Waals surface area contributed by atoms with Gasteiger partial charge in [-0.2, -0.15) is 0 Å². The lowest BCUT2D eigenvalue weighted by molar-refractivity contribution is 0.0949. The molecular weight excluding hydrogens is 414 g/mol. The van der Waals surface area contributed by atoms with Crippen LogP contribution < -0.4 is 10.6 Å². The summed E-state index contributed by atoms with van der Waals surface area (Å²) in [5.74, 6) is -0.408. The van der Waals surface area contributed by atoms with E-state index in [2.05, 4.69) is 30.6 Å². The van der Waals surface area contributed by atoms with Gasteiger partial charge in [-0.3, -0.25) is 14.8 Å². The molecule has 0 bridgehead atoms.